The predicted molar refractivity (Wildman–Crippen MR) is 109 cm³/mol. The van der Waals surface area contributed by atoms with Crippen LogP contribution in [0.1, 0.15) is 26.7 Å². The number of carbonyl (C=O) groups is 1. The molecule has 1 aromatic carbocycles. The number of H-pyrrole nitrogens is 1. The van der Waals surface area contributed by atoms with E-state index in [-0.39, 0.29) is 11.8 Å². The fourth-order valence-electron chi connectivity index (χ4n) is 2.82. The minimum Gasteiger partial charge on any atom is -0.346 e. The van der Waals surface area contributed by atoms with Crippen molar-refractivity contribution in [3.63, 3.8) is 0 Å². The molecule has 0 saturated heterocycles. The number of fused-ring (bicyclic) bond motifs is 1. The first-order valence-corrected chi connectivity index (χ1v) is 9.79. The van der Waals surface area contributed by atoms with Crippen LogP contribution >= 0.6 is 11.9 Å². The number of nitrogens with zero attached hydrogens (tertiary/aromatic N) is 1. The van der Waals surface area contributed by atoms with E-state index in [9.17, 15) is 4.79 Å². The number of nitrogens with one attached hydrogen (secondary N) is 3. The highest BCUT2D eigenvalue weighted by Crippen LogP contribution is 2.33. The number of aromatic amines is 1. The van der Waals surface area contributed by atoms with Gasteiger partial charge in [-0.25, -0.2) is 4.98 Å². The molecule has 0 radical (unpaired) electrons. The monoisotopic (exact) mass is 366 g/mol. The molecule has 0 aliphatic heterocycles. The molecule has 5 nitrogen and oxygen atoms in total. The summed E-state index contributed by atoms with van der Waals surface area (Å²) in [6.07, 6.45) is 3.83. The van der Waals surface area contributed by atoms with E-state index >= 15 is 0 Å². The molecule has 0 unspecified atom stereocenters. The molecule has 4 rings (SSSR count). The van der Waals surface area contributed by atoms with Crippen LogP contribution in [0.15, 0.2) is 42.6 Å². The van der Waals surface area contributed by atoms with Crippen molar-refractivity contribution in [1.82, 2.24) is 9.97 Å². The van der Waals surface area contributed by atoms with Crippen LogP contribution in [0.3, 0.4) is 0 Å². The van der Waals surface area contributed by atoms with Crippen molar-refractivity contribution >= 4 is 40.4 Å². The maximum Gasteiger partial charge on any atom is 0.228 e. The van der Waals surface area contributed by atoms with E-state index in [1.165, 1.54) is 0 Å². The highest BCUT2D eigenvalue weighted by Gasteiger charge is 2.30. The Balaban J connectivity index is 1.63. The standard InChI is InChI=1S/C20H22N4OS/c1-12(2)26-24-15-7-5-13(6-8-15)17-11-18(23-20(25)14-3-4-14)22-19-16(17)9-10-21-19/h5-12,14,24H,3-4H2,1-2H3,(H2,21,22,23,25). The Bertz CT molecular complexity index is 929. The molecule has 26 heavy (non-hydrogen) atoms. The highest BCUT2D eigenvalue weighted by atomic mass is 32.2. The van der Waals surface area contributed by atoms with Gasteiger partial charge >= 0.3 is 0 Å². The lowest BCUT2D eigenvalue weighted by molar-refractivity contribution is -0.117. The highest BCUT2D eigenvalue weighted by molar-refractivity contribution is 8.01. The van der Waals surface area contributed by atoms with E-state index in [1.807, 2.05) is 18.3 Å². The van der Waals surface area contributed by atoms with Crippen molar-refractivity contribution in [2.45, 2.75) is 31.9 Å². The van der Waals surface area contributed by atoms with Gasteiger partial charge in [-0.15, -0.1) is 0 Å². The molecular formula is C20H22N4OS. The lowest BCUT2D eigenvalue weighted by Gasteiger charge is -2.11. The van der Waals surface area contributed by atoms with E-state index < -0.39 is 0 Å². The fraction of sp³-hybridized carbons (Fsp3) is 0.300. The first kappa shape index (κ1) is 17.0. The molecule has 2 heterocycles. The van der Waals surface area contributed by atoms with Gasteiger partial charge in [0.15, 0.2) is 0 Å². The summed E-state index contributed by atoms with van der Waals surface area (Å²) in [7, 11) is 0. The normalized spacial score (nSPS) is 14.0. The molecule has 1 amide bonds. The van der Waals surface area contributed by atoms with Gasteiger partial charge in [0.2, 0.25) is 5.91 Å². The summed E-state index contributed by atoms with van der Waals surface area (Å²) in [4.78, 5) is 19.8. The number of carbonyl (C=O) groups excluding carboxylic acids is 1. The van der Waals surface area contributed by atoms with Crippen molar-refractivity contribution in [2.75, 3.05) is 10.0 Å². The van der Waals surface area contributed by atoms with Crippen LogP contribution in [0.4, 0.5) is 11.5 Å². The van der Waals surface area contributed by atoms with E-state index in [2.05, 4.69) is 58.1 Å². The van der Waals surface area contributed by atoms with Crippen LogP contribution < -0.4 is 10.0 Å². The first-order chi connectivity index (χ1) is 12.6. The van der Waals surface area contributed by atoms with Crippen molar-refractivity contribution < 1.29 is 4.79 Å². The molecule has 1 aliphatic carbocycles. The summed E-state index contributed by atoms with van der Waals surface area (Å²) in [5.41, 5.74) is 4.02. The van der Waals surface area contributed by atoms with Gasteiger partial charge in [-0.1, -0.05) is 26.0 Å². The maximum atomic E-state index is 12.1. The Hall–Kier alpha value is -2.47. The van der Waals surface area contributed by atoms with Gasteiger partial charge in [0.1, 0.15) is 11.5 Å². The van der Waals surface area contributed by atoms with E-state index in [4.69, 9.17) is 0 Å². The van der Waals surface area contributed by atoms with Crippen molar-refractivity contribution in [3.05, 3.63) is 42.6 Å². The molecule has 3 aromatic rings. The number of aromatic nitrogens is 2. The third-order valence-corrected chi connectivity index (χ3v) is 5.16. The molecule has 1 aliphatic rings. The zero-order chi connectivity index (χ0) is 18.1. The van der Waals surface area contributed by atoms with Gasteiger partial charge in [0, 0.05) is 28.4 Å². The minimum atomic E-state index is 0.0691. The fourth-order valence-corrected chi connectivity index (χ4v) is 3.33. The Morgan fingerprint density at radius 3 is 2.69 bits per heavy atom. The summed E-state index contributed by atoms with van der Waals surface area (Å²) in [5, 5.41) is 4.52. The Morgan fingerprint density at radius 2 is 2.00 bits per heavy atom. The zero-order valence-corrected chi connectivity index (χ0v) is 15.7. The van der Waals surface area contributed by atoms with Crippen molar-refractivity contribution in [1.29, 1.82) is 0 Å². The Kier molecular flexibility index (Phi) is 4.59. The van der Waals surface area contributed by atoms with Crippen LogP contribution in [0.25, 0.3) is 22.2 Å². The number of hydrogen-bond acceptors (Lipinski definition) is 4. The molecule has 134 valence electrons. The quantitative estimate of drug-likeness (QED) is 0.534. The van der Waals surface area contributed by atoms with Gasteiger partial charge in [-0.2, -0.15) is 0 Å². The number of benzene rings is 1. The van der Waals surface area contributed by atoms with Gasteiger partial charge in [0.05, 0.1) is 0 Å². The van der Waals surface area contributed by atoms with Gasteiger partial charge in [0.25, 0.3) is 0 Å². The largest absolute Gasteiger partial charge is 0.346 e. The Morgan fingerprint density at radius 1 is 1.23 bits per heavy atom. The SMILES string of the molecule is CC(C)SNc1ccc(-c2cc(NC(=O)C3CC3)nc3[nH]ccc23)cc1. The molecule has 1 fully saturated rings. The molecule has 6 heteroatoms. The second-order valence-electron chi connectivity index (χ2n) is 6.90. The van der Waals surface area contributed by atoms with Crippen LogP contribution in [-0.4, -0.2) is 21.1 Å². The summed E-state index contributed by atoms with van der Waals surface area (Å²) < 4.78 is 3.35. The van der Waals surface area contributed by atoms with Crippen molar-refractivity contribution in [3.8, 4) is 11.1 Å². The molecule has 1 saturated carbocycles. The number of amides is 1. The molecule has 3 N–H and O–H groups in total. The van der Waals surface area contributed by atoms with E-state index in [0.717, 1.165) is 40.7 Å². The predicted octanol–water partition coefficient (Wildman–Crippen LogP) is 5.05. The van der Waals surface area contributed by atoms with Crippen LogP contribution in [0.5, 0.6) is 0 Å². The molecule has 0 bridgehead atoms. The number of pyridine rings is 1. The number of rotatable bonds is 6. The summed E-state index contributed by atoms with van der Waals surface area (Å²) in [5.74, 6) is 0.826. The van der Waals surface area contributed by atoms with Gasteiger partial charge < -0.3 is 15.0 Å². The molecule has 0 atom stereocenters. The van der Waals surface area contributed by atoms with E-state index in [1.54, 1.807) is 11.9 Å². The lowest BCUT2D eigenvalue weighted by Crippen LogP contribution is -2.14. The summed E-state index contributed by atoms with van der Waals surface area (Å²) in [6, 6.07) is 12.3. The van der Waals surface area contributed by atoms with Crippen LogP contribution in [0.2, 0.25) is 0 Å². The zero-order valence-electron chi connectivity index (χ0n) is 14.9. The summed E-state index contributed by atoms with van der Waals surface area (Å²) in [6.45, 7) is 4.31. The van der Waals surface area contributed by atoms with Crippen LogP contribution in [-0.2, 0) is 4.79 Å². The van der Waals surface area contributed by atoms with E-state index in [0.29, 0.717) is 11.1 Å². The molecule has 0 spiro atoms. The third kappa shape index (κ3) is 3.70. The van der Waals surface area contributed by atoms with Crippen molar-refractivity contribution in [2.24, 2.45) is 5.92 Å². The average molecular weight is 366 g/mol. The second-order valence-corrected chi connectivity index (χ2v) is 8.29. The van der Waals surface area contributed by atoms with Gasteiger partial charge in [-0.3, -0.25) is 4.79 Å². The molecular weight excluding hydrogens is 344 g/mol. The number of anilines is 2. The average Bonchev–Trinajstić information content (AvgIpc) is 3.38. The summed E-state index contributed by atoms with van der Waals surface area (Å²) >= 11 is 1.70. The van der Waals surface area contributed by atoms with Gasteiger partial charge in [-0.05, 0) is 60.2 Å². The first-order valence-electron chi connectivity index (χ1n) is 8.91. The number of hydrogen-bond donors (Lipinski definition) is 3. The minimum absolute atomic E-state index is 0.0691. The Labute approximate surface area is 157 Å². The van der Waals surface area contributed by atoms with Crippen LogP contribution in [0, 0.1) is 5.92 Å². The second kappa shape index (κ2) is 7.03. The topological polar surface area (TPSA) is 69.8 Å². The molecule has 2 aromatic heterocycles. The lowest BCUT2D eigenvalue weighted by atomic mass is 10.0. The third-order valence-electron chi connectivity index (χ3n) is 4.34. The maximum absolute atomic E-state index is 12.1. The smallest absolute Gasteiger partial charge is 0.228 e.